The Bertz CT molecular complexity index is 1010. The third-order valence-corrected chi connectivity index (χ3v) is 5.58. The molecule has 0 aliphatic rings. The first-order chi connectivity index (χ1) is 18.9. The first kappa shape index (κ1) is 31.7. The Morgan fingerprint density at radius 1 is 0.872 bits per heavy atom. The number of nitrogens with zero attached hydrogens (tertiary/aromatic N) is 1. The summed E-state index contributed by atoms with van der Waals surface area (Å²) in [4.78, 5) is 38.0. The monoisotopic (exact) mass is 541 g/mol. The predicted octanol–water partition coefficient (Wildman–Crippen LogP) is 4.05. The van der Waals surface area contributed by atoms with Gasteiger partial charge in [0.15, 0.2) is 18.7 Å². The summed E-state index contributed by atoms with van der Waals surface area (Å²) in [6.07, 6.45) is 2.45. The molecule has 0 aliphatic carbocycles. The maximum atomic E-state index is 12.8. The molecular formula is C30H39NO8. The van der Waals surface area contributed by atoms with Gasteiger partial charge < -0.3 is 28.6 Å². The Morgan fingerprint density at radius 2 is 1.54 bits per heavy atom. The van der Waals surface area contributed by atoms with E-state index in [2.05, 4.69) is 13.5 Å². The van der Waals surface area contributed by atoms with Gasteiger partial charge in [0.1, 0.15) is 12.4 Å². The topological polar surface area (TPSA) is 101 Å². The van der Waals surface area contributed by atoms with Gasteiger partial charge in [-0.1, -0.05) is 50.3 Å². The fourth-order valence-electron chi connectivity index (χ4n) is 3.42. The third kappa shape index (κ3) is 12.7. The normalized spacial score (nSPS) is 11.4. The van der Waals surface area contributed by atoms with E-state index in [9.17, 15) is 14.4 Å². The van der Waals surface area contributed by atoms with E-state index in [1.165, 1.54) is 0 Å². The first-order valence-electron chi connectivity index (χ1n) is 13.1. The van der Waals surface area contributed by atoms with Gasteiger partial charge in [0, 0.05) is 30.3 Å². The van der Waals surface area contributed by atoms with Crippen LogP contribution in [0, 0.1) is 0 Å². The lowest BCUT2D eigenvalue weighted by molar-refractivity contribution is -0.150. The second-order valence-electron chi connectivity index (χ2n) is 8.54. The lowest BCUT2D eigenvalue weighted by atomic mass is 10.0. The van der Waals surface area contributed by atoms with Gasteiger partial charge in [0.05, 0.1) is 26.4 Å². The molecule has 212 valence electrons. The highest BCUT2D eigenvalue weighted by Crippen LogP contribution is 2.16. The zero-order valence-electron chi connectivity index (χ0n) is 22.8. The van der Waals surface area contributed by atoms with Crippen LogP contribution in [0.5, 0.6) is 5.75 Å². The average Bonchev–Trinajstić information content (AvgIpc) is 2.97. The second kappa shape index (κ2) is 18.7. The molecule has 2 rings (SSSR count). The van der Waals surface area contributed by atoms with E-state index in [1.807, 2.05) is 18.2 Å². The maximum absolute atomic E-state index is 12.8. The number of carbonyl (C=O) groups excluding carboxylic acids is 3. The molecule has 1 unspecified atom stereocenters. The number of ketones is 1. The highest BCUT2D eigenvalue weighted by atomic mass is 16.7. The lowest BCUT2D eigenvalue weighted by Gasteiger charge is -2.23. The van der Waals surface area contributed by atoms with Gasteiger partial charge in [0.2, 0.25) is 0 Å². The van der Waals surface area contributed by atoms with Crippen molar-refractivity contribution in [2.24, 2.45) is 0 Å². The van der Waals surface area contributed by atoms with Gasteiger partial charge in [-0.15, -0.1) is 0 Å². The summed E-state index contributed by atoms with van der Waals surface area (Å²) < 4.78 is 27.1. The van der Waals surface area contributed by atoms with Crippen LogP contribution in [0.2, 0.25) is 0 Å². The number of benzene rings is 2. The van der Waals surface area contributed by atoms with Crippen molar-refractivity contribution in [3.05, 3.63) is 78.4 Å². The van der Waals surface area contributed by atoms with Crippen molar-refractivity contribution in [2.75, 3.05) is 52.7 Å². The lowest BCUT2D eigenvalue weighted by Crippen LogP contribution is -2.38. The second-order valence-corrected chi connectivity index (χ2v) is 8.54. The molecule has 0 spiro atoms. The van der Waals surface area contributed by atoms with Crippen molar-refractivity contribution in [1.29, 1.82) is 0 Å². The first-order valence-corrected chi connectivity index (χ1v) is 13.1. The van der Waals surface area contributed by atoms with Crippen LogP contribution in [0.15, 0.2) is 67.3 Å². The van der Waals surface area contributed by atoms with E-state index in [-0.39, 0.29) is 31.5 Å². The Labute approximate surface area is 230 Å². The van der Waals surface area contributed by atoms with Crippen LogP contribution >= 0.6 is 0 Å². The summed E-state index contributed by atoms with van der Waals surface area (Å²) in [5.74, 6) is -0.180. The number of unbranched alkanes of at least 4 members (excludes halogenated alkanes) is 1. The van der Waals surface area contributed by atoms with E-state index in [0.717, 1.165) is 18.9 Å². The molecular weight excluding hydrogens is 502 g/mol. The van der Waals surface area contributed by atoms with Crippen molar-refractivity contribution >= 4 is 17.7 Å². The molecule has 0 bridgehead atoms. The molecule has 2 aromatic carbocycles. The Balaban J connectivity index is 1.69. The van der Waals surface area contributed by atoms with Crippen LogP contribution < -0.4 is 4.74 Å². The summed E-state index contributed by atoms with van der Waals surface area (Å²) in [6, 6.07) is 15.8. The SMILES string of the molecule is C=CC(=O)OCCOCCOC(C)OCCN(CCCC)C(=O)COc1ccc(C(=O)c2ccccc2)cc1. The zero-order chi connectivity index (χ0) is 28.3. The molecule has 39 heavy (non-hydrogen) atoms. The van der Waals surface area contributed by atoms with E-state index in [1.54, 1.807) is 48.2 Å². The molecule has 0 N–H and O–H groups in total. The van der Waals surface area contributed by atoms with Gasteiger partial charge in [-0.3, -0.25) is 9.59 Å². The summed E-state index contributed by atoms with van der Waals surface area (Å²) in [6.45, 7) is 9.45. The van der Waals surface area contributed by atoms with E-state index in [0.29, 0.717) is 49.8 Å². The molecule has 0 aliphatic heterocycles. The number of rotatable bonds is 20. The van der Waals surface area contributed by atoms with Crippen molar-refractivity contribution in [3.63, 3.8) is 0 Å². The Morgan fingerprint density at radius 3 is 2.23 bits per heavy atom. The number of amides is 1. The molecule has 0 saturated carbocycles. The van der Waals surface area contributed by atoms with E-state index < -0.39 is 12.3 Å². The minimum Gasteiger partial charge on any atom is -0.484 e. The van der Waals surface area contributed by atoms with Gasteiger partial charge in [-0.25, -0.2) is 4.79 Å². The molecule has 2 aromatic rings. The van der Waals surface area contributed by atoms with Crippen LogP contribution in [-0.2, 0) is 28.5 Å². The van der Waals surface area contributed by atoms with Crippen molar-refractivity contribution in [3.8, 4) is 5.75 Å². The Kier molecular flexibility index (Phi) is 15.2. The summed E-state index contributed by atoms with van der Waals surface area (Å²) >= 11 is 0. The molecule has 1 amide bonds. The van der Waals surface area contributed by atoms with Crippen LogP contribution in [-0.4, -0.2) is 81.6 Å². The van der Waals surface area contributed by atoms with Crippen LogP contribution in [0.3, 0.4) is 0 Å². The van der Waals surface area contributed by atoms with Gasteiger partial charge in [0.25, 0.3) is 5.91 Å². The quantitative estimate of drug-likeness (QED) is 0.0814. The molecule has 0 aromatic heterocycles. The maximum Gasteiger partial charge on any atom is 0.330 e. The smallest absolute Gasteiger partial charge is 0.330 e. The van der Waals surface area contributed by atoms with Gasteiger partial charge in [-0.05, 0) is 37.6 Å². The molecule has 0 saturated heterocycles. The van der Waals surface area contributed by atoms with Gasteiger partial charge in [-0.2, -0.15) is 0 Å². The number of carbonyl (C=O) groups is 3. The van der Waals surface area contributed by atoms with E-state index in [4.69, 9.17) is 23.7 Å². The number of esters is 1. The Hall–Kier alpha value is -3.53. The standard InChI is InChI=1S/C30H39NO8/c1-4-6-16-31(17-18-36-24(3)37-21-19-35-20-22-38-29(33)5-2)28(32)23-39-27-14-12-26(13-15-27)30(34)25-10-8-7-9-11-25/h5,7-15,24H,2,4,6,16-23H2,1,3H3. The summed E-state index contributed by atoms with van der Waals surface area (Å²) in [7, 11) is 0. The van der Waals surface area contributed by atoms with Crippen LogP contribution in [0.25, 0.3) is 0 Å². The minimum atomic E-state index is -0.485. The molecule has 1 atom stereocenters. The minimum absolute atomic E-state index is 0.0683. The van der Waals surface area contributed by atoms with Crippen molar-refractivity contribution in [1.82, 2.24) is 4.90 Å². The molecule has 9 heteroatoms. The zero-order valence-corrected chi connectivity index (χ0v) is 22.8. The molecule has 0 fully saturated rings. The molecule has 9 nitrogen and oxygen atoms in total. The molecule has 0 radical (unpaired) electrons. The van der Waals surface area contributed by atoms with E-state index >= 15 is 0 Å². The predicted molar refractivity (Wildman–Crippen MR) is 147 cm³/mol. The average molecular weight is 542 g/mol. The third-order valence-electron chi connectivity index (χ3n) is 5.58. The van der Waals surface area contributed by atoms with Crippen LogP contribution in [0.4, 0.5) is 0 Å². The highest BCUT2D eigenvalue weighted by Gasteiger charge is 2.15. The fourth-order valence-corrected chi connectivity index (χ4v) is 3.42. The van der Waals surface area contributed by atoms with Crippen LogP contribution in [0.1, 0.15) is 42.6 Å². The number of hydrogen-bond donors (Lipinski definition) is 0. The summed E-state index contributed by atoms with van der Waals surface area (Å²) in [5.41, 5.74) is 1.17. The summed E-state index contributed by atoms with van der Waals surface area (Å²) in [5, 5.41) is 0. The van der Waals surface area contributed by atoms with Crippen molar-refractivity contribution in [2.45, 2.75) is 33.0 Å². The van der Waals surface area contributed by atoms with Gasteiger partial charge >= 0.3 is 5.97 Å². The number of hydrogen-bond acceptors (Lipinski definition) is 8. The molecule has 0 heterocycles. The fraction of sp³-hybridized carbons (Fsp3) is 0.433. The number of ether oxygens (including phenoxy) is 5. The highest BCUT2D eigenvalue weighted by molar-refractivity contribution is 6.09. The van der Waals surface area contributed by atoms with Crippen molar-refractivity contribution < 1.29 is 38.1 Å². The largest absolute Gasteiger partial charge is 0.484 e.